The first-order chi connectivity index (χ1) is 27.6. The average Bonchev–Trinajstić information content (AvgIpc) is 3.84. The van der Waals surface area contributed by atoms with Crippen LogP contribution < -0.4 is 20.3 Å². The monoisotopic (exact) mass is 777 g/mol. The van der Waals surface area contributed by atoms with Crippen LogP contribution in [-0.4, -0.2) is 92.3 Å². The highest BCUT2D eigenvalue weighted by Gasteiger charge is 2.31. The van der Waals surface area contributed by atoms with Crippen molar-refractivity contribution in [1.82, 2.24) is 34.6 Å². The predicted octanol–water partition coefficient (Wildman–Crippen LogP) is 6.94. The first-order valence-corrected chi connectivity index (χ1v) is 20.1. The van der Waals surface area contributed by atoms with E-state index >= 15 is 0 Å². The number of morpholine rings is 1. The molecule has 5 heterocycles. The SMILES string of the molecule is C[C@H]1CCCCN1c1nnc2ccc(O[C@@H]3CC[C@H](NC(=O)Nc4cc(C(C)(C)C)nn4-c4cccc(CCN5CCOCC5)c4)c4ccccc43)cn12.O=CO. The highest BCUT2D eigenvalue weighted by atomic mass is 16.5. The number of carbonyl (C=O) groups is 2. The van der Waals surface area contributed by atoms with Gasteiger partial charge in [0.15, 0.2) is 5.65 Å². The molecule has 2 aromatic carbocycles. The summed E-state index contributed by atoms with van der Waals surface area (Å²) in [7, 11) is 0. The smallest absolute Gasteiger partial charge is 0.320 e. The molecule has 1 aliphatic carbocycles. The van der Waals surface area contributed by atoms with Crippen molar-refractivity contribution in [2.75, 3.05) is 49.6 Å². The van der Waals surface area contributed by atoms with Crippen LogP contribution in [0.3, 0.4) is 0 Å². The number of carboxylic acid groups (broad SMARTS) is 1. The van der Waals surface area contributed by atoms with Crippen molar-refractivity contribution >= 4 is 29.9 Å². The summed E-state index contributed by atoms with van der Waals surface area (Å²) in [5.74, 6) is 2.27. The lowest BCUT2D eigenvalue weighted by Gasteiger charge is -2.33. The van der Waals surface area contributed by atoms with Gasteiger partial charge in [-0.3, -0.25) is 19.4 Å². The van der Waals surface area contributed by atoms with Gasteiger partial charge in [0, 0.05) is 43.7 Å². The van der Waals surface area contributed by atoms with E-state index in [1.54, 1.807) is 0 Å². The van der Waals surface area contributed by atoms with E-state index in [1.807, 2.05) is 47.3 Å². The molecule has 0 unspecified atom stereocenters. The first-order valence-electron chi connectivity index (χ1n) is 20.1. The molecular weight excluding hydrogens is 723 g/mol. The van der Waals surface area contributed by atoms with Gasteiger partial charge in [0.25, 0.3) is 6.47 Å². The van der Waals surface area contributed by atoms with E-state index in [9.17, 15) is 4.79 Å². The molecule has 2 amide bonds. The Labute approximate surface area is 334 Å². The lowest BCUT2D eigenvalue weighted by atomic mass is 9.85. The van der Waals surface area contributed by atoms with E-state index in [0.29, 0.717) is 11.9 Å². The van der Waals surface area contributed by atoms with E-state index in [4.69, 9.17) is 24.5 Å². The standard InChI is InChI=1S/C42H53N9O3.CH2O2/c1-29-10-7-8-20-49(29)41-46-45-38-18-15-32(28-50(38)41)54-36-17-16-35(33-13-5-6-14-34(33)36)43-40(52)44-39-27-37(42(2,3)4)47-51(39)31-12-9-11-30(26-31)19-21-48-22-24-53-25-23-48;2-1-3/h5-6,9,11-15,18,26-29,35-36H,7-8,10,16-17,19-25H2,1-4H3,(H2,43,44,52);1H,(H,2,3)/t29-,35-,36+;/m0./s1. The molecule has 3 aliphatic rings. The molecule has 3 aromatic heterocycles. The van der Waals surface area contributed by atoms with Crippen molar-refractivity contribution in [1.29, 1.82) is 0 Å². The molecule has 2 saturated heterocycles. The number of nitrogens with one attached hydrogen (secondary N) is 2. The minimum absolute atomic E-state index is 0.153. The Hall–Kier alpha value is -5.47. The lowest BCUT2D eigenvalue weighted by Crippen LogP contribution is -2.38. The van der Waals surface area contributed by atoms with Crippen molar-refractivity contribution in [2.24, 2.45) is 0 Å². The van der Waals surface area contributed by atoms with Gasteiger partial charge in [-0.25, -0.2) is 9.48 Å². The van der Waals surface area contributed by atoms with Gasteiger partial charge in [0.1, 0.15) is 17.7 Å². The number of ether oxygens (including phenoxy) is 2. The third kappa shape index (κ3) is 9.40. The van der Waals surface area contributed by atoms with Crippen LogP contribution in [-0.2, 0) is 21.4 Å². The van der Waals surface area contributed by atoms with Crippen LogP contribution in [0.15, 0.2) is 72.9 Å². The Balaban J connectivity index is 0.00000160. The van der Waals surface area contributed by atoms with Gasteiger partial charge >= 0.3 is 6.03 Å². The maximum absolute atomic E-state index is 13.8. The lowest BCUT2D eigenvalue weighted by molar-refractivity contribution is -0.122. The molecule has 0 bridgehead atoms. The summed E-state index contributed by atoms with van der Waals surface area (Å²) in [5.41, 5.74) is 5.81. The maximum atomic E-state index is 13.8. The number of nitrogens with zero attached hydrogens (tertiary/aromatic N) is 7. The second-order valence-corrected chi connectivity index (χ2v) is 16.2. The molecule has 0 radical (unpaired) electrons. The van der Waals surface area contributed by atoms with Gasteiger partial charge < -0.3 is 24.8 Å². The fourth-order valence-corrected chi connectivity index (χ4v) is 8.01. The Morgan fingerprint density at radius 3 is 2.53 bits per heavy atom. The minimum atomic E-state index is -0.267. The van der Waals surface area contributed by atoms with Crippen molar-refractivity contribution in [3.8, 4) is 11.4 Å². The van der Waals surface area contributed by atoms with Crippen molar-refractivity contribution in [2.45, 2.75) is 89.8 Å². The Bertz CT molecular complexity index is 2140. The molecule has 5 aromatic rings. The zero-order valence-corrected chi connectivity index (χ0v) is 33.4. The number of hydrogen-bond donors (Lipinski definition) is 3. The van der Waals surface area contributed by atoms with Gasteiger partial charge in [-0.2, -0.15) is 5.10 Å². The highest BCUT2D eigenvalue weighted by Crippen LogP contribution is 2.39. The predicted molar refractivity (Wildman–Crippen MR) is 220 cm³/mol. The number of aromatic nitrogens is 5. The molecule has 3 atom stereocenters. The summed E-state index contributed by atoms with van der Waals surface area (Å²) in [4.78, 5) is 27.0. The van der Waals surface area contributed by atoms with Gasteiger partial charge in [0.05, 0.1) is 36.8 Å². The topological polar surface area (TPSA) is 151 Å². The quantitative estimate of drug-likeness (QED) is 0.134. The number of benzene rings is 2. The number of fused-ring (bicyclic) bond motifs is 2. The Morgan fingerprint density at radius 2 is 1.75 bits per heavy atom. The molecule has 0 spiro atoms. The maximum Gasteiger partial charge on any atom is 0.320 e. The summed E-state index contributed by atoms with van der Waals surface area (Å²) >= 11 is 0. The van der Waals surface area contributed by atoms with Crippen LogP contribution in [0.2, 0.25) is 0 Å². The Kier molecular flexibility index (Phi) is 12.4. The molecule has 14 nitrogen and oxygen atoms in total. The van der Waals surface area contributed by atoms with Gasteiger partial charge in [-0.15, -0.1) is 10.2 Å². The molecule has 302 valence electrons. The molecule has 57 heavy (non-hydrogen) atoms. The summed E-state index contributed by atoms with van der Waals surface area (Å²) in [6.07, 6.45) is 7.84. The van der Waals surface area contributed by atoms with Crippen molar-refractivity contribution < 1.29 is 24.2 Å². The van der Waals surface area contributed by atoms with Crippen LogP contribution in [0.5, 0.6) is 5.75 Å². The molecule has 8 rings (SSSR count). The van der Waals surface area contributed by atoms with Crippen LogP contribution in [0.1, 0.15) is 94.3 Å². The highest BCUT2D eigenvalue weighted by molar-refractivity contribution is 5.89. The van der Waals surface area contributed by atoms with Crippen molar-refractivity contribution in [3.05, 3.63) is 95.3 Å². The fourth-order valence-electron chi connectivity index (χ4n) is 8.01. The Morgan fingerprint density at radius 1 is 0.965 bits per heavy atom. The summed E-state index contributed by atoms with van der Waals surface area (Å²) < 4.78 is 16.1. The van der Waals surface area contributed by atoms with E-state index in [-0.39, 0.29) is 30.1 Å². The number of anilines is 2. The number of hydrogen-bond acceptors (Lipinski definition) is 9. The van der Waals surface area contributed by atoms with E-state index in [2.05, 4.69) is 93.1 Å². The third-order valence-electron chi connectivity index (χ3n) is 11.1. The average molecular weight is 778 g/mol. The van der Waals surface area contributed by atoms with Gasteiger partial charge in [-0.05, 0) is 86.4 Å². The minimum Gasteiger partial charge on any atom is -0.484 e. The molecule has 2 fully saturated rings. The molecular formula is C43H55N9O5. The second kappa shape index (κ2) is 17.8. The largest absolute Gasteiger partial charge is 0.484 e. The summed E-state index contributed by atoms with van der Waals surface area (Å²) in [6.45, 7) is 13.9. The summed E-state index contributed by atoms with van der Waals surface area (Å²) in [6, 6.07) is 22.7. The number of carbonyl (C=O) groups excluding carboxylic acids is 1. The zero-order chi connectivity index (χ0) is 39.9. The van der Waals surface area contributed by atoms with Crippen LogP contribution in [0, 0.1) is 0 Å². The van der Waals surface area contributed by atoms with Crippen LogP contribution in [0.4, 0.5) is 16.6 Å². The number of pyridine rings is 1. The van der Waals surface area contributed by atoms with Gasteiger partial charge in [0.2, 0.25) is 5.95 Å². The zero-order valence-electron chi connectivity index (χ0n) is 33.4. The molecule has 2 aliphatic heterocycles. The molecule has 0 saturated carbocycles. The summed E-state index contributed by atoms with van der Waals surface area (Å²) in [5, 5.41) is 27.3. The second-order valence-electron chi connectivity index (χ2n) is 16.2. The number of piperidine rings is 1. The van der Waals surface area contributed by atoms with Gasteiger partial charge in [-0.1, -0.05) is 57.2 Å². The van der Waals surface area contributed by atoms with Crippen LogP contribution >= 0.6 is 0 Å². The molecule has 14 heteroatoms. The van der Waals surface area contributed by atoms with E-state index in [0.717, 1.165) is 111 Å². The number of rotatable bonds is 9. The normalized spacial score (nSPS) is 19.9. The van der Waals surface area contributed by atoms with E-state index < -0.39 is 0 Å². The van der Waals surface area contributed by atoms with Crippen LogP contribution in [0.25, 0.3) is 11.3 Å². The van der Waals surface area contributed by atoms with E-state index in [1.165, 1.54) is 12.0 Å². The number of urea groups is 1. The third-order valence-corrected chi connectivity index (χ3v) is 11.1. The number of amides is 2. The molecule has 3 N–H and O–H groups in total. The first kappa shape index (κ1) is 39.8. The van der Waals surface area contributed by atoms with Crippen molar-refractivity contribution in [3.63, 3.8) is 0 Å². The fraction of sp³-hybridized carbons (Fsp3) is 0.465.